The van der Waals surface area contributed by atoms with Gasteiger partial charge < -0.3 is 5.32 Å². The zero-order valence-electron chi connectivity index (χ0n) is 14.5. The van der Waals surface area contributed by atoms with Gasteiger partial charge in [-0.1, -0.05) is 36.0 Å². The van der Waals surface area contributed by atoms with Crippen molar-refractivity contribution < 1.29 is 9.18 Å². The standard InChI is InChI=1S/C20H14FN3O2S2/c21-13-5-4-6-14(11-13)22-17(25)12-28-20-23-18-16(9-10-27-18)19(26)24(20)15-7-2-1-3-8-15/h1-11H,12H2,(H,22,25). The van der Waals surface area contributed by atoms with Gasteiger partial charge in [0.1, 0.15) is 10.6 Å². The monoisotopic (exact) mass is 411 g/mol. The van der Waals surface area contributed by atoms with Gasteiger partial charge in [-0.25, -0.2) is 9.37 Å². The van der Waals surface area contributed by atoms with E-state index < -0.39 is 5.82 Å². The number of para-hydroxylation sites is 1. The number of carbonyl (C=O) groups excluding carboxylic acids is 1. The maximum Gasteiger partial charge on any atom is 0.267 e. The Morgan fingerprint density at radius 1 is 1.14 bits per heavy atom. The van der Waals surface area contributed by atoms with Crippen LogP contribution < -0.4 is 10.9 Å². The first-order valence-electron chi connectivity index (χ1n) is 8.36. The quantitative estimate of drug-likeness (QED) is 0.392. The van der Waals surface area contributed by atoms with E-state index in [1.54, 1.807) is 12.1 Å². The van der Waals surface area contributed by atoms with Gasteiger partial charge in [0.05, 0.1) is 16.8 Å². The van der Waals surface area contributed by atoms with E-state index in [1.807, 2.05) is 35.7 Å². The molecule has 5 nitrogen and oxygen atoms in total. The molecule has 0 fully saturated rings. The summed E-state index contributed by atoms with van der Waals surface area (Å²) in [4.78, 5) is 30.4. The maximum absolute atomic E-state index is 13.3. The summed E-state index contributed by atoms with van der Waals surface area (Å²) in [6, 6.07) is 16.6. The third-order valence-corrected chi connectivity index (χ3v) is 5.67. The van der Waals surface area contributed by atoms with Crippen LogP contribution in [0.5, 0.6) is 0 Å². The molecule has 0 bridgehead atoms. The summed E-state index contributed by atoms with van der Waals surface area (Å²) in [5, 5.41) is 5.44. The molecule has 4 aromatic rings. The number of amides is 1. The Bertz CT molecular complexity index is 1210. The number of thiophene rings is 1. The van der Waals surface area contributed by atoms with E-state index in [-0.39, 0.29) is 17.2 Å². The Balaban J connectivity index is 1.63. The summed E-state index contributed by atoms with van der Waals surface area (Å²) in [5.41, 5.74) is 0.888. The third-order valence-electron chi connectivity index (χ3n) is 3.92. The summed E-state index contributed by atoms with van der Waals surface area (Å²) in [5.74, 6) is -0.698. The second-order valence-electron chi connectivity index (χ2n) is 5.86. The fraction of sp³-hybridized carbons (Fsp3) is 0.0500. The number of thioether (sulfide) groups is 1. The largest absolute Gasteiger partial charge is 0.325 e. The van der Waals surface area contributed by atoms with Crippen molar-refractivity contribution in [2.24, 2.45) is 0 Å². The lowest BCUT2D eigenvalue weighted by molar-refractivity contribution is -0.113. The van der Waals surface area contributed by atoms with Gasteiger partial charge in [0.2, 0.25) is 5.91 Å². The molecule has 0 saturated carbocycles. The molecule has 2 aromatic heterocycles. The number of aromatic nitrogens is 2. The minimum Gasteiger partial charge on any atom is -0.325 e. The van der Waals surface area contributed by atoms with Crippen molar-refractivity contribution in [2.75, 3.05) is 11.1 Å². The molecule has 28 heavy (non-hydrogen) atoms. The lowest BCUT2D eigenvalue weighted by Gasteiger charge is -2.12. The van der Waals surface area contributed by atoms with Gasteiger partial charge in [-0.2, -0.15) is 0 Å². The van der Waals surface area contributed by atoms with Crippen LogP contribution in [0.15, 0.2) is 76.0 Å². The summed E-state index contributed by atoms with van der Waals surface area (Å²) in [7, 11) is 0. The normalized spacial score (nSPS) is 10.9. The van der Waals surface area contributed by atoms with E-state index in [4.69, 9.17) is 0 Å². The zero-order chi connectivity index (χ0) is 19.5. The van der Waals surface area contributed by atoms with E-state index in [0.29, 0.717) is 26.7 Å². The molecule has 2 aromatic carbocycles. The van der Waals surface area contributed by atoms with Gasteiger partial charge in [-0.05, 0) is 41.8 Å². The number of fused-ring (bicyclic) bond motifs is 1. The van der Waals surface area contributed by atoms with Crippen LogP contribution >= 0.6 is 23.1 Å². The van der Waals surface area contributed by atoms with Gasteiger partial charge in [0.25, 0.3) is 5.56 Å². The number of carbonyl (C=O) groups is 1. The average molecular weight is 411 g/mol. The molecule has 8 heteroatoms. The van der Waals surface area contributed by atoms with Gasteiger partial charge in [-0.3, -0.25) is 14.2 Å². The topological polar surface area (TPSA) is 64.0 Å². The van der Waals surface area contributed by atoms with Gasteiger partial charge in [-0.15, -0.1) is 11.3 Å². The van der Waals surface area contributed by atoms with Crippen molar-refractivity contribution in [1.29, 1.82) is 0 Å². The summed E-state index contributed by atoms with van der Waals surface area (Å²) >= 11 is 2.54. The van der Waals surface area contributed by atoms with Crippen LogP contribution in [-0.2, 0) is 4.79 Å². The first-order valence-corrected chi connectivity index (χ1v) is 10.2. The van der Waals surface area contributed by atoms with Gasteiger partial charge in [0, 0.05) is 5.69 Å². The molecule has 0 aliphatic rings. The van der Waals surface area contributed by atoms with Crippen molar-refractivity contribution in [3.63, 3.8) is 0 Å². The van der Waals surface area contributed by atoms with E-state index in [2.05, 4.69) is 10.3 Å². The Labute approximate surface area is 167 Å². The molecule has 0 spiro atoms. The second-order valence-corrected chi connectivity index (χ2v) is 7.69. The maximum atomic E-state index is 13.3. The second kappa shape index (κ2) is 7.95. The number of nitrogens with zero attached hydrogens (tertiary/aromatic N) is 2. The molecule has 2 heterocycles. The molecule has 140 valence electrons. The number of benzene rings is 2. The molecule has 0 unspecified atom stereocenters. The molecule has 4 rings (SSSR count). The minimum absolute atomic E-state index is 0.0344. The van der Waals surface area contributed by atoms with Crippen molar-refractivity contribution in [3.05, 3.63) is 82.2 Å². The number of hydrogen-bond acceptors (Lipinski definition) is 5. The van der Waals surface area contributed by atoms with Crippen LogP contribution in [0.1, 0.15) is 0 Å². The van der Waals surface area contributed by atoms with Crippen LogP contribution in [0.4, 0.5) is 10.1 Å². The van der Waals surface area contributed by atoms with Crippen molar-refractivity contribution in [3.8, 4) is 5.69 Å². The number of hydrogen-bond donors (Lipinski definition) is 1. The Kier molecular flexibility index (Phi) is 5.23. The Hall–Kier alpha value is -2.97. The molecule has 0 radical (unpaired) electrons. The highest BCUT2D eigenvalue weighted by molar-refractivity contribution is 7.99. The van der Waals surface area contributed by atoms with E-state index in [0.717, 1.165) is 11.8 Å². The highest BCUT2D eigenvalue weighted by Crippen LogP contribution is 2.24. The smallest absolute Gasteiger partial charge is 0.267 e. The predicted octanol–water partition coefficient (Wildman–Crippen LogP) is 4.32. The van der Waals surface area contributed by atoms with Crippen LogP contribution in [0, 0.1) is 5.82 Å². The highest BCUT2D eigenvalue weighted by Gasteiger charge is 2.15. The number of nitrogens with one attached hydrogen (secondary N) is 1. The number of rotatable bonds is 5. The molecule has 0 atom stereocenters. The fourth-order valence-electron chi connectivity index (χ4n) is 2.69. The highest BCUT2D eigenvalue weighted by atomic mass is 32.2. The summed E-state index contributed by atoms with van der Waals surface area (Å²) in [6.07, 6.45) is 0. The van der Waals surface area contributed by atoms with Crippen LogP contribution in [0.25, 0.3) is 15.9 Å². The Morgan fingerprint density at radius 3 is 2.75 bits per heavy atom. The molecule has 1 amide bonds. The van der Waals surface area contributed by atoms with Crippen LogP contribution in [-0.4, -0.2) is 21.2 Å². The first-order chi connectivity index (χ1) is 13.6. The molecule has 0 saturated heterocycles. The van der Waals surface area contributed by atoms with Gasteiger partial charge in [0.15, 0.2) is 5.16 Å². The van der Waals surface area contributed by atoms with Crippen LogP contribution in [0.3, 0.4) is 0 Å². The first kappa shape index (κ1) is 18.4. The van der Waals surface area contributed by atoms with Gasteiger partial charge >= 0.3 is 0 Å². The molecular formula is C20H14FN3O2S2. The summed E-state index contributed by atoms with van der Waals surface area (Å²) < 4.78 is 14.8. The van der Waals surface area contributed by atoms with Crippen molar-refractivity contribution in [1.82, 2.24) is 9.55 Å². The predicted molar refractivity (Wildman–Crippen MR) is 111 cm³/mol. The molecule has 0 aliphatic carbocycles. The molecular weight excluding hydrogens is 397 g/mol. The average Bonchev–Trinajstić information content (AvgIpc) is 3.16. The third kappa shape index (κ3) is 3.83. The minimum atomic E-state index is -0.423. The van der Waals surface area contributed by atoms with E-state index in [1.165, 1.54) is 34.1 Å². The van der Waals surface area contributed by atoms with Crippen molar-refractivity contribution >= 4 is 44.9 Å². The molecule has 1 N–H and O–H groups in total. The van der Waals surface area contributed by atoms with E-state index >= 15 is 0 Å². The van der Waals surface area contributed by atoms with Crippen molar-refractivity contribution in [2.45, 2.75) is 5.16 Å². The summed E-state index contributed by atoms with van der Waals surface area (Å²) in [6.45, 7) is 0. The lowest BCUT2D eigenvalue weighted by atomic mass is 10.3. The lowest BCUT2D eigenvalue weighted by Crippen LogP contribution is -2.22. The zero-order valence-corrected chi connectivity index (χ0v) is 16.1. The number of halogens is 1. The van der Waals surface area contributed by atoms with Crippen LogP contribution in [0.2, 0.25) is 0 Å². The SMILES string of the molecule is O=C(CSc1nc2sccc2c(=O)n1-c1ccccc1)Nc1cccc(F)c1. The molecule has 0 aliphatic heterocycles. The van der Waals surface area contributed by atoms with E-state index in [9.17, 15) is 14.0 Å². The Morgan fingerprint density at radius 2 is 1.96 bits per heavy atom. The number of anilines is 1. The fourth-order valence-corrected chi connectivity index (χ4v) is 4.31.